The number of ether oxygens (including phenoxy) is 2. The number of carbonyl (C=O) groups excluding carboxylic acids is 1. The van der Waals surface area contributed by atoms with Crippen molar-refractivity contribution >= 4 is 5.97 Å². The van der Waals surface area contributed by atoms with Crippen LogP contribution in [-0.4, -0.2) is 25.4 Å². The minimum absolute atomic E-state index is 0.198. The number of carbonyl (C=O) groups is 1. The van der Waals surface area contributed by atoms with Gasteiger partial charge in [-0.1, -0.05) is 12.1 Å². The molecule has 90 valence electrons. The Hall–Kier alpha value is -2.09. The van der Waals surface area contributed by atoms with E-state index in [1.165, 1.54) is 19.2 Å². The normalized spacial score (nSPS) is 13.3. The van der Waals surface area contributed by atoms with Crippen molar-refractivity contribution in [3.05, 3.63) is 29.8 Å². The molecule has 0 saturated heterocycles. The number of methoxy groups -OCH3 is 1. The first-order valence-corrected chi connectivity index (χ1v) is 4.90. The summed E-state index contributed by atoms with van der Waals surface area (Å²) < 4.78 is 22.9. The third kappa shape index (κ3) is 3.45. The molecule has 0 amide bonds. The Morgan fingerprint density at radius 2 is 2.18 bits per heavy atom. The van der Waals surface area contributed by atoms with Gasteiger partial charge in [0.25, 0.3) is 0 Å². The third-order valence-corrected chi connectivity index (χ3v) is 2.03. The van der Waals surface area contributed by atoms with Crippen molar-refractivity contribution in [3.8, 4) is 11.8 Å². The van der Waals surface area contributed by atoms with Crippen LogP contribution in [0.2, 0.25) is 0 Å². The summed E-state index contributed by atoms with van der Waals surface area (Å²) >= 11 is 0. The lowest BCUT2D eigenvalue weighted by Crippen LogP contribution is -2.25. The SMILES string of the molecule is COc1ccccc1C(=O)OC[C@](C)(F)C#N. The number of nitrogens with zero attached hydrogens (tertiary/aromatic N) is 1. The lowest BCUT2D eigenvalue weighted by molar-refractivity contribution is 0.0323. The molecule has 17 heavy (non-hydrogen) atoms. The van der Waals surface area contributed by atoms with Gasteiger partial charge in [0.2, 0.25) is 5.67 Å². The van der Waals surface area contributed by atoms with Gasteiger partial charge in [0.05, 0.1) is 7.11 Å². The number of hydrogen-bond acceptors (Lipinski definition) is 4. The molecule has 0 bridgehead atoms. The first kappa shape index (κ1) is 13.0. The number of esters is 1. The van der Waals surface area contributed by atoms with Crippen LogP contribution in [0.4, 0.5) is 4.39 Å². The summed E-state index contributed by atoms with van der Waals surface area (Å²) in [4.78, 5) is 11.6. The van der Waals surface area contributed by atoms with Crippen molar-refractivity contribution in [2.75, 3.05) is 13.7 Å². The van der Waals surface area contributed by atoms with Crippen LogP contribution in [-0.2, 0) is 4.74 Å². The van der Waals surface area contributed by atoms with Crippen molar-refractivity contribution in [1.82, 2.24) is 0 Å². The van der Waals surface area contributed by atoms with E-state index < -0.39 is 18.2 Å². The lowest BCUT2D eigenvalue weighted by atomic mass is 10.2. The molecular formula is C12H12FNO3. The van der Waals surface area contributed by atoms with Gasteiger partial charge >= 0.3 is 5.97 Å². The Morgan fingerprint density at radius 3 is 2.76 bits per heavy atom. The molecule has 0 radical (unpaired) electrons. The van der Waals surface area contributed by atoms with Crippen LogP contribution in [0.3, 0.4) is 0 Å². The van der Waals surface area contributed by atoms with E-state index in [1.54, 1.807) is 18.2 Å². The Balaban J connectivity index is 2.75. The van der Waals surface area contributed by atoms with Gasteiger partial charge in [0.15, 0.2) is 0 Å². The van der Waals surface area contributed by atoms with Gasteiger partial charge in [0, 0.05) is 0 Å². The van der Waals surface area contributed by atoms with Crippen LogP contribution < -0.4 is 4.74 Å². The molecule has 0 saturated carbocycles. The summed E-state index contributed by atoms with van der Waals surface area (Å²) in [5.74, 6) is -0.378. The van der Waals surface area contributed by atoms with Gasteiger partial charge in [-0.2, -0.15) is 5.26 Å². The number of halogens is 1. The van der Waals surface area contributed by atoms with E-state index >= 15 is 0 Å². The van der Waals surface area contributed by atoms with E-state index in [-0.39, 0.29) is 5.56 Å². The largest absolute Gasteiger partial charge is 0.496 e. The molecular weight excluding hydrogens is 225 g/mol. The molecule has 0 fully saturated rings. The average molecular weight is 237 g/mol. The smallest absolute Gasteiger partial charge is 0.342 e. The van der Waals surface area contributed by atoms with Crippen molar-refractivity contribution in [2.45, 2.75) is 12.6 Å². The Labute approximate surface area is 98.6 Å². The highest BCUT2D eigenvalue weighted by molar-refractivity contribution is 5.92. The van der Waals surface area contributed by atoms with Gasteiger partial charge < -0.3 is 9.47 Å². The zero-order valence-corrected chi connectivity index (χ0v) is 9.57. The lowest BCUT2D eigenvalue weighted by Gasteiger charge is -2.12. The maximum Gasteiger partial charge on any atom is 0.342 e. The Bertz CT molecular complexity index is 451. The molecule has 0 aromatic heterocycles. The number of rotatable bonds is 4. The molecule has 0 spiro atoms. The zero-order valence-electron chi connectivity index (χ0n) is 9.57. The van der Waals surface area contributed by atoms with Crippen molar-refractivity contribution < 1.29 is 18.7 Å². The fraction of sp³-hybridized carbons (Fsp3) is 0.333. The van der Waals surface area contributed by atoms with Crippen LogP contribution in [0, 0.1) is 11.3 Å². The molecule has 5 heteroatoms. The van der Waals surface area contributed by atoms with Crippen LogP contribution in [0.5, 0.6) is 5.75 Å². The summed E-state index contributed by atoms with van der Waals surface area (Å²) in [5.41, 5.74) is -1.98. The molecule has 1 atom stereocenters. The van der Waals surface area contributed by atoms with Gasteiger partial charge in [-0.25, -0.2) is 9.18 Å². The molecule has 1 aromatic rings. The monoisotopic (exact) mass is 237 g/mol. The van der Waals surface area contributed by atoms with Crippen LogP contribution in [0.1, 0.15) is 17.3 Å². The van der Waals surface area contributed by atoms with Crippen molar-refractivity contribution in [3.63, 3.8) is 0 Å². The highest BCUT2D eigenvalue weighted by Gasteiger charge is 2.25. The second-order valence-electron chi connectivity index (χ2n) is 3.59. The molecule has 1 aromatic carbocycles. The first-order valence-electron chi connectivity index (χ1n) is 4.90. The summed E-state index contributed by atoms with van der Waals surface area (Å²) in [6, 6.07) is 7.83. The van der Waals surface area contributed by atoms with Gasteiger partial charge in [-0.05, 0) is 19.1 Å². The van der Waals surface area contributed by atoms with E-state index in [4.69, 9.17) is 14.7 Å². The maximum atomic E-state index is 13.2. The standard InChI is InChI=1S/C12H12FNO3/c1-12(13,7-14)8-17-11(15)9-5-3-4-6-10(9)16-2/h3-6H,8H2,1-2H3/t12-/m1/s1. The number of nitriles is 1. The minimum atomic E-state index is -2.18. The number of benzene rings is 1. The molecule has 0 N–H and O–H groups in total. The predicted molar refractivity (Wildman–Crippen MR) is 58.4 cm³/mol. The molecule has 0 aliphatic rings. The number of para-hydroxylation sites is 1. The van der Waals surface area contributed by atoms with E-state index in [1.807, 2.05) is 0 Å². The highest BCUT2D eigenvalue weighted by atomic mass is 19.1. The molecule has 1 rings (SSSR count). The van der Waals surface area contributed by atoms with E-state index in [2.05, 4.69) is 0 Å². The molecule has 0 unspecified atom stereocenters. The first-order chi connectivity index (χ1) is 8.00. The third-order valence-electron chi connectivity index (χ3n) is 2.03. The van der Waals surface area contributed by atoms with Crippen molar-refractivity contribution in [1.29, 1.82) is 5.26 Å². The Kier molecular flexibility index (Phi) is 4.05. The Morgan fingerprint density at radius 1 is 1.53 bits per heavy atom. The van der Waals surface area contributed by atoms with Crippen molar-refractivity contribution in [2.24, 2.45) is 0 Å². The van der Waals surface area contributed by atoms with Gasteiger partial charge in [-0.3, -0.25) is 0 Å². The topological polar surface area (TPSA) is 59.3 Å². The summed E-state index contributed by atoms with van der Waals surface area (Å²) in [6.07, 6.45) is 0. The van der Waals surface area contributed by atoms with E-state index in [0.717, 1.165) is 6.92 Å². The van der Waals surface area contributed by atoms with Crippen LogP contribution in [0.25, 0.3) is 0 Å². The predicted octanol–water partition coefficient (Wildman–Crippen LogP) is 2.10. The maximum absolute atomic E-state index is 13.2. The second kappa shape index (κ2) is 5.30. The van der Waals surface area contributed by atoms with E-state index in [9.17, 15) is 9.18 Å². The van der Waals surface area contributed by atoms with E-state index in [0.29, 0.717) is 5.75 Å². The molecule has 0 aliphatic heterocycles. The quantitative estimate of drug-likeness (QED) is 0.752. The fourth-order valence-electron chi connectivity index (χ4n) is 1.12. The average Bonchev–Trinajstić information content (AvgIpc) is 2.36. The summed E-state index contributed by atoms with van der Waals surface area (Å²) in [7, 11) is 1.42. The van der Waals surface area contributed by atoms with Crippen LogP contribution in [0.15, 0.2) is 24.3 Å². The molecule has 0 heterocycles. The molecule has 0 aliphatic carbocycles. The second-order valence-corrected chi connectivity index (χ2v) is 3.59. The minimum Gasteiger partial charge on any atom is -0.496 e. The zero-order chi connectivity index (χ0) is 12.9. The molecule has 4 nitrogen and oxygen atoms in total. The fourth-order valence-corrected chi connectivity index (χ4v) is 1.12. The number of alkyl halides is 1. The summed E-state index contributed by atoms with van der Waals surface area (Å²) in [6.45, 7) is 0.433. The van der Waals surface area contributed by atoms with Crippen LogP contribution >= 0.6 is 0 Å². The number of hydrogen-bond donors (Lipinski definition) is 0. The highest BCUT2D eigenvalue weighted by Crippen LogP contribution is 2.19. The van der Waals surface area contributed by atoms with Gasteiger partial charge in [0.1, 0.15) is 24.0 Å². The summed E-state index contributed by atoms with van der Waals surface area (Å²) in [5, 5.41) is 8.44. The van der Waals surface area contributed by atoms with Gasteiger partial charge in [-0.15, -0.1) is 0 Å².